The number of aliphatic hydroxyl groups is 1. The molecule has 0 rings (SSSR count). The average molecular weight is 865 g/mol. The molecule has 0 bridgehead atoms. The largest absolute Gasteiger partial charge is 0.756 e. The van der Waals surface area contributed by atoms with E-state index in [4.69, 9.17) is 9.05 Å². The van der Waals surface area contributed by atoms with Crippen LogP contribution in [0.2, 0.25) is 0 Å². The van der Waals surface area contributed by atoms with Crippen molar-refractivity contribution in [3.05, 3.63) is 48.6 Å². The number of phosphoric ester groups is 1. The quantitative estimate of drug-likeness (QED) is 0.0273. The van der Waals surface area contributed by atoms with Crippen LogP contribution in [0.25, 0.3) is 0 Å². The molecule has 0 aliphatic rings. The smallest absolute Gasteiger partial charge is 0.268 e. The van der Waals surface area contributed by atoms with Gasteiger partial charge in [0.2, 0.25) is 5.91 Å². The van der Waals surface area contributed by atoms with E-state index in [1.54, 1.807) is 6.08 Å². The number of allylic oxidation sites excluding steroid dienone is 7. The number of nitrogens with one attached hydrogen (secondary N) is 1. The molecule has 8 nitrogen and oxygen atoms in total. The third-order valence-corrected chi connectivity index (χ3v) is 12.0. The van der Waals surface area contributed by atoms with Gasteiger partial charge >= 0.3 is 0 Å². The molecule has 3 unspecified atom stereocenters. The highest BCUT2D eigenvalue weighted by atomic mass is 31.2. The number of aliphatic hydroxyl groups excluding tert-OH is 1. The first-order valence-electron chi connectivity index (χ1n) is 25.0. The van der Waals surface area contributed by atoms with Crippen LogP contribution in [-0.2, 0) is 18.4 Å². The van der Waals surface area contributed by atoms with Gasteiger partial charge in [0, 0.05) is 6.42 Å². The van der Waals surface area contributed by atoms with Gasteiger partial charge in [0.15, 0.2) is 0 Å². The Labute approximate surface area is 371 Å². The summed E-state index contributed by atoms with van der Waals surface area (Å²) in [6.45, 7) is 4.60. The summed E-state index contributed by atoms with van der Waals surface area (Å²) < 4.78 is 23.2. The highest BCUT2D eigenvalue weighted by Crippen LogP contribution is 2.38. The van der Waals surface area contributed by atoms with Gasteiger partial charge in [-0.25, -0.2) is 0 Å². The molecule has 9 heteroatoms. The summed E-state index contributed by atoms with van der Waals surface area (Å²) in [5.41, 5.74) is 0. The number of quaternary nitrogens is 1. The molecule has 0 saturated heterocycles. The van der Waals surface area contributed by atoms with Crippen molar-refractivity contribution in [2.45, 2.75) is 231 Å². The van der Waals surface area contributed by atoms with E-state index in [0.717, 1.165) is 64.2 Å². The van der Waals surface area contributed by atoms with E-state index in [2.05, 4.69) is 55.6 Å². The number of amides is 1. The summed E-state index contributed by atoms with van der Waals surface area (Å²) in [5, 5.41) is 13.8. The minimum absolute atomic E-state index is 0.0114. The average Bonchev–Trinajstić information content (AvgIpc) is 3.20. The highest BCUT2D eigenvalue weighted by molar-refractivity contribution is 7.45. The van der Waals surface area contributed by atoms with E-state index in [-0.39, 0.29) is 12.5 Å². The maximum Gasteiger partial charge on any atom is 0.268 e. The Morgan fingerprint density at radius 1 is 0.567 bits per heavy atom. The van der Waals surface area contributed by atoms with Gasteiger partial charge in [-0.2, -0.15) is 0 Å². The van der Waals surface area contributed by atoms with Crippen LogP contribution in [0.15, 0.2) is 48.6 Å². The zero-order valence-electron chi connectivity index (χ0n) is 39.9. The normalized spacial score (nSPS) is 14.6. The van der Waals surface area contributed by atoms with E-state index < -0.39 is 26.6 Å². The predicted octanol–water partition coefficient (Wildman–Crippen LogP) is 13.8. The second kappa shape index (κ2) is 42.7. The molecule has 0 fully saturated rings. The van der Waals surface area contributed by atoms with Gasteiger partial charge in [0.25, 0.3) is 7.82 Å². The Morgan fingerprint density at radius 3 is 1.35 bits per heavy atom. The Bertz CT molecular complexity index is 1120. The lowest BCUT2D eigenvalue weighted by atomic mass is 10.0. The van der Waals surface area contributed by atoms with Crippen LogP contribution >= 0.6 is 7.82 Å². The first-order chi connectivity index (χ1) is 29.0. The molecule has 0 aromatic heterocycles. The molecule has 0 radical (unpaired) electrons. The fourth-order valence-corrected chi connectivity index (χ4v) is 7.73. The minimum Gasteiger partial charge on any atom is -0.756 e. The molecule has 352 valence electrons. The highest BCUT2D eigenvalue weighted by Gasteiger charge is 2.23. The van der Waals surface area contributed by atoms with Crippen molar-refractivity contribution in [1.29, 1.82) is 0 Å². The fourth-order valence-electron chi connectivity index (χ4n) is 7.00. The topological polar surface area (TPSA) is 108 Å². The molecule has 0 aromatic rings. The maximum atomic E-state index is 12.9. The number of phosphoric acid groups is 1. The molecule has 3 atom stereocenters. The Hall–Kier alpha value is -1.54. The fraction of sp³-hybridized carbons (Fsp3) is 0.824. The first kappa shape index (κ1) is 58.5. The predicted molar refractivity (Wildman–Crippen MR) is 256 cm³/mol. The van der Waals surface area contributed by atoms with E-state index in [9.17, 15) is 19.4 Å². The van der Waals surface area contributed by atoms with Crippen molar-refractivity contribution < 1.29 is 32.9 Å². The lowest BCUT2D eigenvalue weighted by Gasteiger charge is -2.29. The molecule has 0 aliphatic heterocycles. The van der Waals surface area contributed by atoms with Gasteiger partial charge in [-0.1, -0.05) is 191 Å². The van der Waals surface area contributed by atoms with Crippen molar-refractivity contribution in [2.24, 2.45) is 0 Å². The lowest BCUT2D eigenvalue weighted by Crippen LogP contribution is -2.45. The number of hydrogen-bond acceptors (Lipinski definition) is 6. The monoisotopic (exact) mass is 865 g/mol. The molecule has 1 amide bonds. The standard InChI is InChI=1S/C51H97N2O6P/c1-6-8-10-12-14-16-18-20-22-23-24-25-26-27-28-29-30-31-32-34-36-38-40-42-44-50(54)49(48-59-60(56,57)58-47-46-53(3,4)5)52-51(55)45-43-41-39-37-35-33-21-19-17-15-13-11-9-7-2/h19,21,29-30,34,36,42,44,49-50,54H,6-18,20,22-28,31-33,35,37-41,43,45-48H2,1-5H3,(H-,52,55,56,57)/b21-19-,30-29+,36-34+,44-42+. The molecule has 0 saturated carbocycles. The summed E-state index contributed by atoms with van der Waals surface area (Å²) in [7, 11) is 1.23. The van der Waals surface area contributed by atoms with Crippen LogP contribution in [-0.4, -0.2) is 68.5 Å². The zero-order valence-corrected chi connectivity index (χ0v) is 40.8. The minimum atomic E-state index is -4.60. The molecule has 0 heterocycles. The summed E-state index contributed by atoms with van der Waals surface area (Å²) in [4.78, 5) is 25.3. The number of carbonyl (C=O) groups excluding carboxylic acids is 1. The summed E-state index contributed by atoms with van der Waals surface area (Å²) in [6, 6.07) is -0.914. The maximum absolute atomic E-state index is 12.9. The van der Waals surface area contributed by atoms with Crippen LogP contribution in [0.3, 0.4) is 0 Å². The van der Waals surface area contributed by atoms with Gasteiger partial charge in [-0.3, -0.25) is 9.36 Å². The molecule has 0 aromatic carbocycles. The number of rotatable bonds is 45. The van der Waals surface area contributed by atoms with Crippen LogP contribution < -0.4 is 10.2 Å². The number of unbranched alkanes of at least 4 members (excludes halogenated alkanes) is 26. The summed E-state index contributed by atoms with van der Waals surface area (Å²) in [6.07, 6.45) is 54.6. The van der Waals surface area contributed by atoms with Crippen molar-refractivity contribution >= 4 is 13.7 Å². The third kappa shape index (κ3) is 44.5. The number of carbonyl (C=O) groups is 1. The van der Waals surface area contributed by atoms with Gasteiger partial charge < -0.3 is 28.8 Å². The van der Waals surface area contributed by atoms with Crippen LogP contribution in [0.4, 0.5) is 0 Å². The van der Waals surface area contributed by atoms with Gasteiger partial charge in [-0.05, 0) is 70.6 Å². The van der Waals surface area contributed by atoms with Gasteiger partial charge in [-0.15, -0.1) is 0 Å². The number of likely N-dealkylation sites (N-methyl/N-ethyl adjacent to an activating group) is 1. The zero-order chi connectivity index (χ0) is 44.3. The second-order valence-electron chi connectivity index (χ2n) is 18.1. The Morgan fingerprint density at radius 2 is 0.933 bits per heavy atom. The van der Waals surface area contributed by atoms with Crippen molar-refractivity contribution in [2.75, 3.05) is 40.9 Å². The number of hydrogen-bond donors (Lipinski definition) is 2. The lowest BCUT2D eigenvalue weighted by molar-refractivity contribution is -0.870. The molecular weight excluding hydrogens is 768 g/mol. The van der Waals surface area contributed by atoms with E-state index >= 15 is 0 Å². The van der Waals surface area contributed by atoms with E-state index in [1.165, 1.54) is 135 Å². The molecular formula is C51H97N2O6P. The van der Waals surface area contributed by atoms with Crippen LogP contribution in [0.1, 0.15) is 219 Å². The van der Waals surface area contributed by atoms with E-state index in [1.807, 2.05) is 27.2 Å². The van der Waals surface area contributed by atoms with Crippen LogP contribution in [0.5, 0.6) is 0 Å². The Balaban J connectivity index is 4.39. The molecule has 2 N–H and O–H groups in total. The van der Waals surface area contributed by atoms with Crippen molar-refractivity contribution in [3.8, 4) is 0 Å². The first-order valence-corrected chi connectivity index (χ1v) is 26.5. The van der Waals surface area contributed by atoms with Gasteiger partial charge in [0.1, 0.15) is 13.2 Å². The van der Waals surface area contributed by atoms with Crippen molar-refractivity contribution in [1.82, 2.24) is 5.32 Å². The molecule has 60 heavy (non-hydrogen) atoms. The van der Waals surface area contributed by atoms with Crippen molar-refractivity contribution in [3.63, 3.8) is 0 Å². The number of nitrogens with zero attached hydrogens (tertiary/aromatic N) is 1. The third-order valence-electron chi connectivity index (χ3n) is 11.0. The Kier molecular flexibility index (Phi) is 41.6. The van der Waals surface area contributed by atoms with E-state index in [0.29, 0.717) is 17.4 Å². The van der Waals surface area contributed by atoms with Crippen LogP contribution in [0, 0.1) is 0 Å². The molecule has 0 aliphatic carbocycles. The summed E-state index contributed by atoms with van der Waals surface area (Å²) in [5.74, 6) is -0.221. The summed E-state index contributed by atoms with van der Waals surface area (Å²) >= 11 is 0. The van der Waals surface area contributed by atoms with Gasteiger partial charge in [0.05, 0.1) is 39.9 Å². The SMILES string of the molecule is CCCCCCC/C=C\CCCCCCCC(=O)NC(COP(=O)([O-])OCC[N+](C)(C)C)C(O)/C=C/CC/C=C/CC/C=C/CCCCCCCCCCCCCCCC. The molecule has 0 spiro atoms. The second-order valence-corrected chi connectivity index (χ2v) is 19.6.